The Hall–Kier alpha value is -3.23. The van der Waals surface area contributed by atoms with Crippen molar-refractivity contribution in [1.29, 1.82) is 0 Å². The summed E-state index contributed by atoms with van der Waals surface area (Å²) in [6.07, 6.45) is -9.56. The van der Waals surface area contributed by atoms with Crippen LogP contribution in [0.2, 0.25) is 0 Å². The molecule has 0 saturated carbocycles. The van der Waals surface area contributed by atoms with Crippen molar-refractivity contribution in [3.8, 4) is 0 Å². The summed E-state index contributed by atoms with van der Waals surface area (Å²) >= 11 is 0. The summed E-state index contributed by atoms with van der Waals surface area (Å²) in [7, 11) is 0. The lowest BCUT2D eigenvalue weighted by Gasteiger charge is -2.32. The van der Waals surface area contributed by atoms with Gasteiger partial charge in [-0.1, -0.05) is 30.3 Å². The molecule has 3 nitrogen and oxygen atoms in total. The predicted molar refractivity (Wildman–Crippen MR) is 114 cm³/mol. The Morgan fingerprint density at radius 3 is 2.00 bits per heavy atom. The molecule has 1 amide bonds. The van der Waals surface area contributed by atoms with E-state index in [0.29, 0.717) is 25.1 Å². The third kappa shape index (κ3) is 4.43. The quantitative estimate of drug-likeness (QED) is 0.371. The van der Waals surface area contributed by atoms with Gasteiger partial charge < -0.3 is 9.47 Å². The summed E-state index contributed by atoms with van der Waals surface area (Å²) in [5.41, 5.74) is -0.259. The van der Waals surface area contributed by atoms with E-state index in [4.69, 9.17) is 0 Å². The molecule has 2 heterocycles. The van der Waals surface area contributed by atoms with Crippen LogP contribution in [0.3, 0.4) is 0 Å². The van der Waals surface area contributed by atoms with Crippen LogP contribution in [0, 0.1) is 13.8 Å². The molecule has 1 aliphatic rings. The minimum atomic E-state index is -5.03. The van der Waals surface area contributed by atoms with Crippen molar-refractivity contribution >= 4 is 5.91 Å². The number of rotatable bonds is 2. The van der Waals surface area contributed by atoms with Crippen molar-refractivity contribution in [2.75, 3.05) is 6.54 Å². The number of alkyl halides is 6. The highest BCUT2D eigenvalue weighted by Gasteiger charge is 2.39. The third-order valence-electron chi connectivity index (χ3n) is 6.11. The van der Waals surface area contributed by atoms with Gasteiger partial charge in [0.25, 0.3) is 5.91 Å². The lowest BCUT2D eigenvalue weighted by Crippen LogP contribution is -2.36. The van der Waals surface area contributed by atoms with Gasteiger partial charge in [0.15, 0.2) is 0 Å². The number of carbonyl (C=O) groups excluding carboxylic acids is 1. The van der Waals surface area contributed by atoms with Crippen LogP contribution in [0.4, 0.5) is 26.3 Å². The molecular weight excluding hydrogens is 458 g/mol. The molecule has 1 aromatic heterocycles. The topological polar surface area (TPSA) is 25.2 Å². The number of hydrogen-bond donors (Lipinski definition) is 0. The van der Waals surface area contributed by atoms with E-state index in [1.807, 2.05) is 19.9 Å². The Bertz CT molecular complexity index is 1180. The number of aryl methyl sites for hydroxylation is 2. The Balaban J connectivity index is 1.89. The molecule has 34 heavy (non-hydrogen) atoms. The SMILES string of the molecule is Cc1cc(C)n2c1C(c1ccccc1)N(C(=O)c1cc(C(F)(F)F)cc(C(F)(F)F)c1)CCC2. The van der Waals surface area contributed by atoms with Gasteiger partial charge in [0.2, 0.25) is 0 Å². The van der Waals surface area contributed by atoms with Crippen molar-refractivity contribution in [3.63, 3.8) is 0 Å². The minimum absolute atomic E-state index is 0.0343. The van der Waals surface area contributed by atoms with Gasteiger partial charge >= 0.3 is 12.4 Å². The lowest BCUT2D eigenvalue weighted by atomic mass is 9.97. The van der Waals surface area contributed by atoms with Crippen LogP contribution in [0.1, 0.15) is 56.5 Å². The fourth-order valence-electron chi connectivity index (χ4n) is 4.64. The van der Waals surface area contributed by atoms with E-state index in [-0.39, 0.29) is 12.6 Å². The van der Waals surface area contributed by atoms with E-state index in [1.165, 1.54) is 4.90 Å². The average Bonchev–Trinajstić information content (AvgIpc) is 2.94. The van der Waals surface area contributed by atoms with Crippen molar-refractivity contribution in [3.05, 3.63) is 93.8 Å². The molecule has 0 saturated heterocycles. The molecule has 1 atom stereocenters. The predicted octanol–water partition coefficient (Wildman–Crippen LogP) is 6.78. The highest BCUT2D eigenvalue weighted by molar-refractivity contribution is 5.95. The van der Waals surface area contributed by atoms with Crippen LogP contribution < -0.4 is 0 Å². The van der Waals surface area contributed by atoms with Gasteiger partial charge in [0.05, 0.1) is 17.2 Å². The zero-order valence-electron chi connectivity index (χ0n) is 18.5. The number of carbonyl (C=O) groups is 1. The van der Waals surface area contributed by atoms with E-state index in [2.05, 4.69) is 4.57 Å². The van der Waals surface area contributed by atoms with Gasteiger partial charge in [-0.25, -0.2) is 0 Å². The first-order valence-electron chi connectivity index (χ1n) is 10.7. The zero-order chi connectivity index (χ0) is 24.8. The summed E-state index contributed by atoms with van der Waals surface area (Å²) in [6, 6.07) is 11.3. The Kier molecular flexibility index (Phi) is 5.99. The Morgan fingerprint density at radius 1 is 0.853 bits per heavy atom. The molecule has 0 radical (unpaired) electrons. The second-order valence-electron chi connectivity index (χ2n) is 8.47. The fourth-order valence-corrected chi connectivity index (χ4v) is 4.64. The Morgan fingerprint density at radius 2 is 1.44 bits per heavy atom. The number of hydrogen-bond acceptors (Lipinski definition) is 1. The van der Waals surface area contributed by atoms with Gasteiger partial charge in [0.1, 0.15) is 0 Å². The maximum absolute atomic E-state index is 13.6. The second-order valence-corrected chi connectivity index (χ2v) is 8.47. The fraction of sp³-hybridized carbons (Fsp3) is 0.320. The number of aromatic nitrogens is 1. The van der Waals surface area contributed by atoms with Crippen LogP contribution in [-0.4, -0.2) is 21.9 Å². The summed E-state index contributed by atoms with van der Waals surface area (Å²) in [5.74, 6) is -0.878. The number of halogens is 6. The monoisotopic (exact) mass is 480 g/mol. The Labute approximate surface area is 192 Å². The lowest BCUT2D eigenvalue weighted by molar-refractivity contribution is -0.143. The summed E-state index contributed by atoms with van der Waals surface area (Å²) in [5, 5.41) is 0. The van der Waals surface area contributed by atoms with Gasteiger partial charge in [-0.2, -0.15) is 26.3 Å². The van der Waals surface area contributed by atoms with E-state index < -0.39 is 41.0 Å². The van der Waals surface area contributed by atoms with Crippen LogP contribution in [0.25, 0.3) is 0 Å². The molecule has 4 rings (SSSR count). The summed E-state index contributed by atoms with van der Waals surface area (Å²) < 4.78 is 82.5. The van der Waals surface area contributed by atoms with E-state index in [9.17, 15) is 31.1 Å². The van der Waals surface area contributed by atoms with Crippen LogP contribution in [0.15, 0.2) is 54.6 Å². The number of fused-ring (bicyclic) bond motifs is 1. The number of nitrogens with zero attached hydrogens (tertiary/aromatic N) is 2. The molecule has 2 aromatic carbocycles. The molecule has 0 fully saturated rings. The molecule has 180 valence electrons. The van der Waals surface area contributed by atoms with Crippen molar-refractivity contribution in [2.24, 2.45) is 0 Å². The van der Waals surface area contributed by atoms with Crippen molar-refractivity contribution < 1.29 is 31.1 Å². The van der Waals surface area contributed by atoms with Crippen molar-refractivity contribution in [2.45, 2.75) is 45.2 Å². The number of benzene rings is 2. The van der Waals surface area contributed by atoms with Gasteiger partial charge in [-0.3, -0.25) is 4.79 Å². The maximum atomic E-state index is 13.6. The summed E-state index contributed by atoms with van der Waals surface area (Å²) in [6.45, 7) is 4.57. The normalized spacial score (nSPS) is 16.8. The third-order valence-corrected chi connectivity index (χ3v) is 6.11. The molecule has 3 aromatic rings. The van der Waals surface area contributed by atoms with E-state index >= 15 is 0 Å². The first-order valence-corrected chi connectivity index (χ1v) is 10.7. The molecule has 1 unspecified atom stereocenters. The van der Waals surface area contributed by atoms with Crippen LogP contribution >= 0.6 is 0 Å². The molecule has 0 N–H and O–H groups in total. The average molecular weight is 480 g/mol. The summed E-state index contributed by atoms with van der Waals surface area (Å²) in [4.78, 5) is 15.0. The number of amides is 1. The first kappa shape index (κ1) is 23.9. The molecule has 0 bridgehead atoms. The maximum Gasteiger partial charge on any atom is 0.416 e. The van der Waals surface area contributed by atoms with Crippen molar-refractivity contribution in [1.82, 2.24) is 9.47 Å². The molecule has 0 aliphatic carbocycles. The molecule has 0 spiro atoms. The standard InChI is InChI=1S/C25H22F6N2O/c1-15-11-16(2)32-9-6-10-33(22(21(15)32)17-7-4-3-5-8-17)23(34)18-12-19(24(26,27)28)14-20(13-18)25(29,30)31/h3-5,7-8,11-14,22H,6,9-10H2,1-2H3. The highest BCUT2D eigenvalue weighted by atomic mass is 19.4. The van der Waals surface area contributed by atoms with E-state index in [1.54, 1.807) is 30.3 Å². The molecular formula is C25H22F6N2O. The van der Waals surface area contributed by atoms with Crippen LogP contribution in [-0.2, 0) is 18.9 Å². The van der Waals surface area contributed by atoms with Gasteiger partial charge in [0, 0.05) is 30.0 Å². The molecule has 9 heteroatoms. The van der Waals surface area contributed by atoms with Gasteiger partial charge in [-0.05, 0) is 55.7 Å². The zero-order valence-corrected chi connectivity index (χ0v) is 18.5. The van der Waals surface area contributed by atoms with E-state index in [0.717, 1.165) is 22.5 Å². The largest absolute Gasteiger partial charge is 0.416 e. The smallest absolute Gasteiger partial charge is 0.346 e. The molecule has 1 aliphatic heterocycles. The first-order chi connectivity index (χ1) is 15.9. The minimum Gasteiger partial charge on any atom is -0.346 e. The second kappa shape index (κ2) is 8.52. The van der Waals surface area contributed by atoms with Gasteiger partial charge in [-0.15, -0.1) is 0 Å². The van der Waals surface area contributed by atoms with Crippen LogP contribution in [0.5, 0.6) is 0 Å². The highest BCUT2D eigenvalue weighted by Crippen LogP contribution is 2.39.